The first-order valence-electron chi connectivity index (χ1n) is 6.60. The van der Waals surface area contributed by atoms with E-state index in [0.717, 1.165) is 19.0 Å². The van der Waals surface area contributed by atoms with E-state index in [1.54, 1.807) is 0 Å². The van der Waals surface area contributed by atoms with E-state index in [1.165, 1.54) is 25.7 Å². The molecule has 0 spiro atoms. The van der Waals surface area contributed by atoms with Gasteiger partial charge in [-0.3, -0.25) is 4.79 Å². The van der Waals surface area contributed by atoms with Crippen LogP contribution in [0, 0.1) is 11.8 Å². The van der Waals surface area contributed by atoms with Gasteiger partial charge in [0.25, 0.3) is 0 Å². The van der Waals surface area contributed by atoms with Crippen molar-refractivity contribution in [1.29, 1.82) is 0 Å². The first-order valence-corrected chi connectivity index (χ1v) is 6.60. The number of carbonyl (C=O) groups is 1. The Morgan fingerprint density at radius 2 is 2.00 bits per heavy atom. The molecule has 0 bridgehead atoms. The van der Waals surface area contributed by atoms with Crippen molar-refractivity contribution in [1.82, 2.24) is 10.6 Å². The zero-order valence-corrected chi connectivity index (χ0v) is 10.9. The lowest BCUT2D eigenvalue weighted by Crippen LogP contribution is -2.43. The minimum atomic E-state index is -0.0575. The molecule has 0 aromatic rings. The number of amides is 1. The lowest BCUT2D eigenvalue weighted by atomic mass is 10.2. The van der Waals surface area contributed by atoms with Crippen LogP contribution in [-0.4, -0.2) is 25.0 Å². The molecular weight excluding hydrogens is 200 g/mol. The molecule has 16 heavy (non-hydrogen) atoms. The fraction of sp³-hybridized carbons (Fsp3) is 0.923. The maximum absolute atomic E-state index is 11.6. The minimum Gasteiger partial charge on any atom is -0.354 e. The van der Waals surface area contributed by atoms with E-state index in [9.17, 15) is 4.79 Å². The SMILES string of the molecule is CC(C)CNC(=O)C(C)NCCCC1CC1. The second-order valence-electron chi connectivity index (χ2n) is 5.40. The number of hydrogen-bond donors (Lipinski definition) is 2. The molecule has 3 heteroatoms. The highest BCUT2D eigenvalue weighted by Crippen LogP contribution is 2.33. The summed E-state index contributed by atoms with van der Waals surface area (Å²) in [6, 6.07) is -0.0575. The monoisotopic (exact) mass is 226 g/mol. The Labute approximate surface area is 99.4 Å². The molecule has 1 amide bonds. The summed E-state index contributed by atoms with van der Waals surface area (Å²) < 4.78 is 0. The first kappa shape index (κ1) is 13.5. The van der Waals surface area contributed by atoms with E-state index in [2.05, 4.69) is 24.5 Å². The van der Waals surface area contributed by atoms with Crippen molar-refractivity contribution < 1.29 is 4.79 Å². The van der Waals surface area contributed by atoms with Gasteiger partial charge in [-0.2, -0.15) is 0 Å². The molecule has 0 aromatic heterocycles. The van der Waals surface area contributed by atoms with Crippen LogP contribution in [0.3, 0.4) is 0 Å². The molecule has 0 aliphatic heterocycles. The molecule has 1 rings (SSSR count). The van der Waals surface area contributed by atoms with Crippen LogP contribution in [0.25, 0.3) is 0 Å². The normalized spacial score (nSPS) is 17.5. The number of rotatable bonds is 8. The van der Waals surface area contributed by atoms with Crippen LogP contribution in [0.5, 0.6) is 0 Å². The van der Waals surface area contributed by atoms with Crippen LogP contribution in [0.4, 0.5) is 0 Å². The third-order valence-corrected chi connectivity index (χ3v) is 3.01. The maximum Gasteiger partial charge on any atom is 0.236 e. The van der Waals surface area contributed by atoms with E-state index < -0.39 is 0 Å². The highest BCUT2D eigenvalue weighted by atomic mass is 16.2. The standard InChI is InChI=1S/C13H26N2O/c1-10(2)9-15-13(16)11(3)14-8-4-5-12-6-7-12/h10-12,14H,4-9H2,1-3H3,(H,15,16). The second kappa shape index (κ2) is 6.89. The van der Waals surface area contributed by atoms with Crippen LogP contribution in [0.15, 0.2) is 0 Å². The van der Waals surface area contributed by atoms with Crippen LogP contribution < -0.4 is 10.6 Å². The van der Waals surface area contributed by atoms with Gasteiger partial charge in [0.15, 0.2) is 0 Å². The molecule has 3 nitrogen and oxygen atoms in total. The minimum absolute atomic E-state index is 0.0575. The van der Waals surface area contributed by atoms with Crippen LogP contribution >= 0.6 is 0 Å². The van der Waals surface area contributed by atoms with Crippen molar-refractivity contribution in [2.24, 2.45) is 11.8 Å². The summed E-state index contributed by atoms with van der Waals surface area (Å²) in [6.07, 6.45) is 5.37. The quantitative estimate of drug-likeness (QED) is 0.621. The fourth-order valence-corrected chi connectivity index (χ4v) is 1.67. The molecule has 0 radical (unpaired) electrons. The summed E-state index contributed by atoms with van der Waals surface area (Å²) in [4.78, 5) is 11.6. The Hall–Kier alpha value is -0.570. The molecule has 0 aromatic carbocycles. The lowest BCUT2D eigenvalue weighted by molar-refractivity contribution is -0.122. The van der Waals surface area contributed by atoms with Crippen molar-refractivity contribution in [3.63, 3.8) is 0 Å². The average Bonchev–Trinajstić information content (AvgIpc) is 3.04. The van der Waals surface area contributed by atoms with Crippen LogP contribution in [0.1, 0.15) is 46.5 Å². The smallest absolute Gasteiger partial charge is 0.236 e. The Morgan fingerprint density at radius 1 is 1.31 bits per heavy atom. The maximum atomic E-state index is 11.6. The predicted octanol–water partition coefficient (Wildman–Crippen LogP) is 1.93. The van der Waals surface area contributed by atoms with Gasteiger partial charge in [0.05, 0.1) is 6.04 Å². The van der Waals surface area contributed by atoms with Gasteiger partial charge in [0.2, 0.25) is 5.91 Å². The molecular formula is C13H26N2O. The summed E-state index contributed by atoms with van der Waals surface area (Å²) in [5.41, 5.74) is 0. The van der Waals surface area contributed by atoms with Gasteiger partial charge in [-0.25, -0.2) is 0 Å². The van der Waals surface area contributed by atoms with E-state index >= 15 is 0 Å². The summed E-state index contributed by atoms with van der Waals surface area (Å²) in [5, 5.41) is 6.22. The van der Waals surface area contributed by atoms with Crippen molar-refractivity contribution in [3.8, 4) is 0 Å². The molecule has 1 fully saturated rings. The highest BCUT2D eigenvalue weighted by molar-refractivity contribution is 5.81. The number of nitrogens with one attached hydrogen (secondary N) is 2. The molecule has 94 valence electrons. The zero-order chi connectivity index (χ0) is 12.0. The molecule has 0 heterocycles. The van der Waals surface area contributed by atoms with Crippen molar-refractivity contribution in [3.05, 3.63) is 0 Å². The van der Waals surface area contributed by atoms with Crippen LogP contribution in [0.2, 0.25) is 0 Å². The van der Waals surface area contributed by atoms with Crippen molar-refractivity contribution >= 4 is 5.91 Å². The number of hydrogen-bond acceptors (Lipinski definition) is 2. The van der Waals surface area contributed by atoms with E-state index in [4.69, 9.17) is 0 Å². The van der Waals surface area contributed by atoms with E-state index in [-0.39, 0.29) is 11.9 Å². The summed E-state index contributed by atoms with van der Waals surface area (Å²) >= 11 is 0. The highest BCUT2D eigenvalue weighted by Gasteiger charge is 2.20. The topological polar surface area (TPSA) is 41.1 Å². The Morgan fingerprint density at radius 3 is 2.56 bits per heavy atom. The first-order chi connectivity index (χ1) is 7.59. The van der Waals surface area contributed by atoms with Gasteiger partial charge in [0, 0.05) is 6.54 Å². The van der Waals surface area contributed by atoms with Gasteiger partial charge in [0.1, 0.15) is 0 Å². The third-order valence-electron chi connectivity index (χ3n) is 3.01. The molecule has 1 atom stereocenters. The van der Waals surface area contributed by atoms with Gasteiger partial charge in [-0.1, -0.05) is 26.7 Å². The summed E-state index contributed by atoms with van der Waals surface area (Å²) in [6.45, 7) is 7.88. The summed E-state index contributed by atoms with van der Waals surface area (Å²) in [7, 11) is 0. The largest absolute Gasteiger partial charge is 0.354 e. The fourth-order valence-electron chi connectivity index (χ4n) is 1.67. The molecule has 1 aliphatic rings. The molecule has 2 N–H and O–H groups in total. The van der Waals surface area contributed by atoms with E-state index in [1.807, 2.05) is 6.92 Å². The Balaban J connectivity index is 1.98. The lowest BCUT2D eigenvalue weighted by Gasteiger charge is -2.15. The average molecular weight is 226 g/mol. The molecule has 0 saturated heterocycles. The van der Waals surface area contributed by atoms with E-state index in [0.29, 0.717) is 5.92 Å². The van der Waals surface area contributed by atoms with Gasteiger partial charge < -0.3 is 10.6 Å². The Kier molecular flexibility index (Phi) is 5.81. The number of carbonyl (C=O) groups excluding carboxylic acids is 1. The van der Waals surface area contributed by atoms with Gasteiger partial charge in [-0.05, 0) is 38.1 Å². The van der Waals surface area contributed by atoms with Crippen molar-refractivity contribution in [2.45, 2.75) is 52.5 Å². The molecule has 1 unspecified atom stereocenters. The zero-order valence-electron chi connectivity index (χ0n) is 10.9. The van der Waals surface area contributed by atoms with Crippen molar-refractivity contribution in [2.75, 3.05) is 13.1 Å². The molecule has 1 saturated carbocycles. The predicted molar refractivity (Wildman–Crippen MR) is 67.3 cm³/mol. The van der Waals surface area contributed by atoms with Gasteiger partial charge >= 0.3 is 0 Å². The summed E-state index contributed by atoms with van der Waals surface area (Å²) in [5.74, 6) is 1.64. The van der Waals surface area contributed by atoms with Gasteiger partial charge in [-0.15, -0.1) is 0 Å². The Bertz CT molecular complexity index is 212. The third kappa shape index (κ3) is 6.11. The molecule has 1 aliphatic carbocycles. The second-order valence-corrected chi connectivity index (χ2v) is 5.40. The van der Waals surface area contributed by atoms with Crippen LogP contribution in [-0.2, 0) is 4.79 Å².